The molecule has 120 valence electrons. The van der Waals surface area contributed by atoms with E-state index >= 15 is 0 Å². The number of hydrogen-bond donors (Lipinski definition) is 0. The first-order valence-corrected chi connectivity index (χ1v) is 8.56. The Morgan fingerprint density at radius 2 is 2.23 bits per heavy atom. The second kappa shape index (κ2) is 8.11. The van der Waals surface area contributed by atoms with Crippen molar-refractivity contribution >= 4 is 22.4 Å². The summed E-state index contributed by atoms with van der Waals surface area (Å²) in [5.74, 6) is -0.00190. The number of nitrogens with zero attached hydrogens (tertiary/aromatic N) is 5. The maximum absolute atomic E-state index is 12.4. The van der Waals surface area contributed by atoms with Crippen molar-refractivity contribution in [3.8, 4) is 6.07 Å². The predicted octanol–water partition coefficient (Wildman–Crippen LogP) is 1.27. The smallest absolute Gasteiger partial charge is 0.236 e. The Labute approximate surface area is 135 Å². The Balaban J connectivity index is 1.79. The lowest BCUT2D eigenvalue weighted by molar-refractivity contribution is -0.132. The molecule has 6 nitrogen and oxygen atoms in total. The van der Waals surface area contributed by atoms with E-state index in [2.05, 4.69) is 20.9 Å². The third-order valence-electron chi connectivity index (χ3n) is 3.87. The zero-order valence-electron chi connectivity index (χ0n) is 13.2. The van der Waals surface area contributed by atoms with E-state index in [1.54, 1.807) is 16.2 Å². The SMILES string of the molecule is CCN(CC(C)C#N)C(=O)CN1CCN(c2nccs2)CC1. The lowest BCUT2D eigenvalue weighted by atomic mass is 10.2. The summed E-state index contributed by atoms with van der Waals surface area (Å²) in [5.41, 5.74) is 0. The lowest BCUT2D eigenvalue weighted by Gasteiger charge is -2.35. The number of thiazole rings is 1. The Morgan fingerprint density at radius 3 is 2.77 bits per heavy atom. The summed E-state index contributed by atoms with van der Waals surface area (Å²) >= 11 is 1.65. The third kappa shape index (κ3) is 4.42. The molecule has 1 aromatic rings. The molecule has 7 heteroatoms. The number of amides is 1. The van der Waals surface area contributed by atoms with Crippen molar-refractivity contribution in [1.82, 2.24) is 14.8 Å². The molecule has 0 aliphatic carbocycles. The Morgan fingerprint density at radius 1 is 1.50 bits per heavy atom. The molecule has 1 saturated heterocycles. The molecule has 2 heterocycles. The average Bonchev–Trinajstić information content (AvgIpc) is 3.07. The largest absolute Gasteiger partial charge is 0.346 e. The fourth-order valence-electron chi connectivity index (χ4n) is 2.54. The first-order valence-electron chi connectivity index (χ1n) is 7.68. The van der Waals surface area contributed by atoms with Crippen LogP contribution in [0.3, 0.4) is 0 Å². The van der Waals surface area contributed by atoms with Gasteiger partial charge in [-0.3, -0.25) is 9.69 Å². The predicted molar refractivity (Wildman–Crippen MR) is 87.8 cm³/mol. The van der Waals surface area contributed by atoms with Gasteiger partial charge in [-0.15, -0.1) is 11.3 Å². The second-order valence-electron chi connectivity index (χ2n) is 5.54. The van der Waals surface area contributed by atoms with Gasteiger partial charge in [0.1, 0.15) is 0 Å². The molecule has 1 aliphatic rings. The highest BCUT2D eigenvalue weighted by molar-refractivity contribution is 7.13. The fraction of sp³-hybridized carbons (Fsp3) is 0.667. The Kier molecular flexibility index (Phi) is 6.16. The fourth-order valence-corrected chi connectivity index (χ4v) is 3.24. The Bertz CT molecular complexity index is 505. The molecule has 0 bridgehead atoms. The van der Waals surface area contributed by atoms with Crippen LogP contribution in [0.25, 0.3) is 0 Å². The summed E-state index contributed by atoms with van der Waals surface area (Å²) in [6.45, 7) is 8.98. The number of nitriles is 1. The van der Waals surface area contributed by atoms with E-state index in [1.807, 2.05) is 25.4 Å². The summed E-state index contributed by atoms with van der Waals surface area (Å²) in [5, 5.41) is 11.9. The molecule has 2 rings (SSSR count). The summed E-state index contributed by atoms with van der Waals surface area (Å²) in [4.78, 5) is 22.9. The number of piperazine rings is 1. The van der Waals surface area contributed by atoms with E-state index in [0.717, 1.165) is 31.3 Å². The van der Waals surface area contributed by atoms with Gasteiger partial charge in [0, 0.05) is 50.8 Å². The maximum atomic E-state index is 12.4. The Hall–Kier alpha value is -1.65. The van der Waals surface area contributed by atoms with E-state index < -0.39 is 0 Å². The van der Waals surface area contributed by atoms with Crippen molar-refractivity contribution in [3.63, 3.8) is 0 Å². The molecular weight excluding hydrogens is 298 g/mol. The van der Waals surface area contributed by atoms with Crippen molar-refractivity contribution in [2.24, 2.45) is 5.92 Å². The van der Waals surface area contributed by atoms with Crippen molar-refractivity contribution in [2.45, 2.75) is 13.8 Å². The number of rotatable bonds is 6. The molecule has 22 heavy (non-hydrogen) atoms. The van der Waals surface area contributed by atoms with Crippen LogP contribution in [-0.2, 0) is 4.79 Å². The molecule has 0 aromatic carbocycles. The van der Waals surface area contributed by atoms with Crippen LogP contribution in [0.4, 0.5) is 5.13 Å². The van der Waals surface area contributed by atoms with Crippen LogP contribution >= 0.6 is 11.3 Å². The number of anilines is 1. The molecule has 0 radical (unpaired) electrons. The maximum Gasteiger partial charge on any atom is 0.236 e. The summed E-state index contributed by atoms with van der Waals surface area (Å²) < 4.78 is 0. The van der Waals surface area contributed by atoms with Crippen LogP contribution in [0.5, 0.6) is 0 Å². The van der Waals surface area contributed by atoms with Crippen molar-refractivity contribution in [1.29, 1.82) is 5.26 Å². The van der Waals surface area contributed by atoms with Gasteiger partial charge in [-0.1, -0.05) is 0 Å². The highest BCUT2D eigenvalue weighted by atomic mass is 32.1. The molecule has 1 aliphatic heterocycles. The van der Waals surface area contributed by atoms with Gasteiger partial charge in [0.15, 0.2) is 5.13 Å². The second-order valence-corrected chi connectivity index (χ2v) is 6.41. The number of carbonyl (C=O) groups is 1. The molecule has 0 spiro atoms. The minimum absolute atomic E-state index is 0.118. The van der Waals surface area contributed by atoms with Crippen LogP contribution < -0.4 is 4.90 Å². The van der Waals surface area contributed by atoms with Crippen molar-refractivity contribution < 1.29 is 4.79 Å². The van der Waals surface area contributed by atoms with Crippen LogP contribution in [-0.4, -0.2) is 66.5 Å². The van der Waals surface area contributed by atoms with Crippen LogP contribution in [0.2, 0.25) is 0 Å². The highest BCUT2D eigenvalue weighted by Gasteiger charge is 2.22. The minimum atomic E-state index is -0.120. The summed E-state index contributed by atoms with van der Waals surface area (Å²) in [7, 11) is 0. The van der Waals surface area contributed by atoms with Gasteiger partial charge in [0.25, 0.3) is 0 Å². The van der Waals surface area contributed by atoms with E-state index in [-0.39, 0.29) is 11.8 Å². The zero-order valence-corrected chi connectivity index (χ0v) is 14.1. The molecular formula is C15H23N5OS. The minimum Gasteiger partial charge on any atom is -0.346 e. The number of aromatic nitrogens is 1. The molecule has 0 N–H and O–H groups in total. The van der Waals surface area contributed by atoms with Gasteiger partial charge in [0.05, 0.1) is 18.5 Å². The molecule has 1 amide bonds. The lowest BCUT2D eigenvalue weighted by Crippen LogP contribution is -2.50. The molecule has 0 saturated carbocycles. The normalized spacial score (nSPS) is 17.0. The quantitative estimate of drug-likeness (QED) is 0.789. The third-order valence-corrected chi connectivity index (χ3v) is 4.70. The first-order chi connectivity index (χ1) is 10.6. The van der Waals surface area contributed by atoms with Crippen LogP contribution in [0.15, 0.2) is 11.6 Å². The average molecular weight is 321 g/mol. The molecule has 1 unspecified atom stereocenters. The van der Waals surface area contributed by atoms with Gasteiger partial charge in [-0.25, -0.2) is 4.98 Å². The molecule has 1 atom stereocenters. The topological polar surface area (TPSA) is 63.5 Å². The van der Waals surface area contributed by atoms with E-state index in [4.69, 9.17) is 5.26 Å². The highest BCUT2D eigenvalue weighted by Crippen LogP contribution is 2.18. The van der Waals surface area contributed by atoms with Gasteiger partial charge < -0.3 is 9.80 Å². The van der Waals surface area contributed by atoms with Gasteiger partial charge in [-0.05, 0) is 13.8 Å². The summed E-state index contributed by atoms with van der Waals surface area (Å²) in [6.07, 6.45) is 1.82. The number of likely N-dealkylation sites (N-methyl/N-ethyl adjacent to an activating group) is 1. The standard InChI is InChI=1S/C15H23N5OS/c1-3-19(11-13(2)10-16)14(21)12-18-5-7-20(8-6-18)15-17-4-9-22-15/h4,9,13H,3,5-8,11-12H2,1-2H3. The van der Waals surface area contributed by atoms with Crippen molar-refractivity contribution in [3.05, 3.63) is 11.6 Å². The first kappa shape index (κ1) is 16.7. The molecule has 1 aromatic heterocycles. The van der Waals surface area contributed by atoms with E-state index in [1.165, 1.54) is 0 Å². The van der Waals surface area contributed by atoms with Crippen LogP contribution in [0, 0.1) is 17.2 Å². The monoisotopic (exact) mass is 321 g/mol. The van der Waals surface area contributed by atoms with E-state index in [0.29, 0.717) is 19.6 Å². The van der Waals surface area contributed by atoms with Gasteiger partial charge in [0.2, 0.25) is 5.91 Å². The molecule has 1 fully saturated rings. The van der Waals surface area contributed by atoms with Gasteiger partial charge >= 0.3 is 0 Å². The zero-order chi connectivity index (χ0) is 15.9. The van der Waals surface area contributed by atoms with Crippen molar-refractivity contribution in [2.75, 3.05) is 50.7 Å². The van der Waals surface area contributed by atoms with Crippen LogP contribution in [0.1, 0.15) is 13.8 Å². The summed E-state index contributed by atoms with van der Waals surface area (Å²) in [6, 6.07) is 2.19. The van der Waals surface area contributed by atoms with Gasteiger partial charge in [-0.2, -0.15) is 5.26 Å². The van der Waals surface area contributed by atoms with E-state index in [9.17, 15) is 4.79 Å². The number of carbonyl (C=O) groups excluding carboxylic acids is 1. The number of hydrogen-bond acceptors (Lipinski definition) is 6.